The molecule has 207 valence electrons. The maximum atomic E-state index is 11.4. The zero-order valence-corrected chi connectivity index (χ0v) is 27.4. The molecule has 0 aromatic rings. The maximum absolute atomic E-state index is 11.4. The third-order valence-corrected chi connectivity index (χ3v) is 5.82. The number of hydrogen-bond donors (Lipinski definition) is 4. The molecule has 1 unspecified atom stereocenters. The number of aliphatic hydroxyl groups is 1. The van der Waals surface area contributed by atoms with Gasteiger partial charge in [-0.15, -0.1) is 0 Å². The van der Waals surface area contributed by atoms with Gasteiger partial charge in [-0.3, -0.25) is 4.79 Å². The van der Waals surface area contributed by atoms with Crippen LogP contribution in [-0.2, 0) is 46.8 Å². The van der Waals surface area contributed by atoms with Crippen LogP contribution in [0.1, 0.15) is 101 Å². The molecule has 0 spiro atoms. The summed E-state index contributed by atoms with van der Waals surface area (Å²) in [7, 11) is -0.330. The second-order valence-corrected chi connectivity index (χ2v) is 9.02. The van der Waals surface area contributed by atoms with E-state index in [1.165, 1.54) is 5.57 Å². The Labute approximate surface area is 246 Å². The molecule has 0 aromatic heterocycles. The Kier molecular flexibility index (Phi) is 25.2. The first-order valence-corrected chi connectivity index (χ1v) is 13.2. The van der Waals surface area contributed by atoms with Crippen LogP contribution in [0, 0.1) is 0 Å². The van der Waals surface area contributed by atoms with Crippen LogP contribution in [0.15, 0.2) is 35.3 Å². The van der Waals surface area contributed by atoms with Crippen molar-refractivity contribution in [2.75, 3.05) is 13.1 Å². The van der Waals surface area contributed by atoms with Gasteiger partial charge in [0.05, 0.1) is 23.9 Å². The zero-order valence-electron chi connectivity index (χ0n) is 24.6. The van der Waals surface area contributed by atoms with Crippen molar-refractivity contribution < 1.29 is 57.1 Å². The maximum Gasteiger partial charge on any atom is 0.494 e. The van der Waals surface area contributed by atoms with Gasteiger partial charge >= 0.3 is 7.12 Å². The van der Waals surface area contributed by atoms with Gasteiger partial charge in [0.15, 0.2) is 0 Å². The Balaban J connectivity index is -0.000000953. The van der Waals surface area contributed by atoms with Crippen LogP contribution in [0.2, 0.25) is 0 Å². The van der Waals surface area contributed by atoms with E-state index in [0.717, 1.165) is 37.6 Å². The van der Waals surface area contributed by atoms with E-state index in [2.05, 4.69) is 57.3 Å². The molecule has 1 aliphatic heterocycles. The van der Waals surface area contributed by atoms with E-state index in [-0.39, 0.29) is 69.6 Å². The number of carbonyl (C=O) groups excluding carboxylic acids is 1. The third kappa shape index (κ3) is 16.5. The summed E-state index contributed by atoms with van der Waals surface area (Å²) in [6, 6.07) is 0. The molecule has 0 aromatic carbocycles. The van der Waals surface area contributed by atoms with E-state index >= 15 is 0 Å². The zero-order chi connectivity index (χ0) is 27.5. The molecule has 2 rings (SSSR count). The quantitative estimate of drug-likeness (QED) is 0.178. The van der Waals surface area contributed by atoms with Gasteiger partial charge in [0, 0.05) is 39.3 Å². The van der Waals surface area contributed by atoms with E-state index in [1.807, 2.05) is 40.1 Å². The predicted octanol–water partition coefficient (Wildman–Crippen LogP) is 5.52. The second kappa shape index (κ2) is 22.6. The first kappa shape index (κ1) is 40.2. The first-order valence-electron chi connectivity index (χ1n) is 13.2. The number of rotatable bonds is 7. The van der Waals surface area contributed by atoms with Crippen molar-refractivity contribution in [2.24, 2.45) is 0 Å². The van der Waals surface area contributed by atoms with E-state index < -0.39 is 0 Å². The fourth-order valence-corrected chi connectivity index (χ4v) is 2.91. The molecule has 1 heterocycles. The van der Waals surface area contributed by atoms with Crippen molar-refractivity contribution in [3.05, 3.63) is 35.3 Å². The van der Waals surface area contributed by atoms with Crippen LogP contribution in [-0.4, -0.2) is 53.7 Å². The van der Waals surface area contributed by atoms with Gasteiger partial charge in [0.25, 0.3) is 0 Å². The fourth-order valence-electron chi connectivity index (χ4n) is 2.91. The summed E-state index contributed by atoms with van der Waals surface area (Å²) in [5.74, 6) is -0.209. The van der Waals surface area contributed by atoms with Crippen LogP contribution in [0.5, 0.6) is 0 Å². The minimum Gasteiger partial charge on any atom is -0.399 e. The second-order valence-electron chi connectivity index (χ2n) is 9.02. The molecule has 7 nitrogen and oxygen atoms in total. The summed E-state index contributed by atoms with van der Waals surface area (Å²) in [5, 5.41) is 19.6. The van der Waals surface area contributed by atoms with Gasteiger partial charge in [0.1, 0.15) is 0 Å². The normalized spacial score (nSPS) is 20.7. The van der Waals surface area contributed by atoms with Gasteiger partial charge in [-0.2, -0.15) is 5.48 Å². The molecule has 0 bridgehead atoms. The third-order valence-electron chi connectivity index (χ3n) is 5.82. The van der Waals surface area contributed by atoms with Crippen molar-refractivity contribution in [3.8, 4) is 0 Å². The Bertz CT molecular complexity index is 649. The summed E-state index contributed by atoms with van der Waals surface area (Å²) >= 11 is 0. The van der Waals surface area contributed by atoms with Crippen LogP contribution in [0.3, 0.4) is 0 Å². The Morgan fingerprint density at radius 3 is 2.11 bits per heavy atom. The summed E-state index contributed by atoms with van der Waals surface area (Å²) in [6.45, 7) is 20.5. The minimum absolute atomic E-state index is 0. The van der Waals surface area contributed by atoms with Crippen molar-refractivity contribution >= 4 is 13.0 Å². The van der Waals surface area contributed by atoms with E-state index in [4.69, 9.17) is 19.6 Å². The number of carbonyl (C=O) groups is 1. The summed E-state index contributed by atoms with van der Waals surface area (Å²) in [6.07, 6.45) is 12.9. The first-order chi connectivity index (χ1) is 16.5. The Morgan fingerprint density at radius 2 is 1.64 bits per heavy atom. The van der Waals surface area contributed by atoms with Gasteiger partial charge < -0.3 is 24.9 Å². The molecule has 4 N–H and O–H groups in total. The number of allylic oxidation sites excluding steroid dienone is 5. The number of hydrogen-bond acceptors (Lipinski definition) is 6. The molecule has 1 atom stereocenters. The Hall–Kier alpha value is -0.341. The van der Waals surface area contributed by atoms with Crippen molar-refractivity contribution in [1.29, 1.82) is 0 Å². The largest absolute Gasteiger partial charge is 0.494 e. The van der Waals surface area contributed by atoms with Crippen LogP contribution in [0.4, 0.5) is 0 Å². The molecular formula is C27H53BN2O5Y. The molecule has 2 aliphatic rings. The van der Waals surface area contributed by atoms with E-state index in [0.29, 0.717) is 6.54 Å². The van der Waals surface area contributed by atoms with Crippen LogP contribution < -0.4 is 10.8 Å². The van der Waals surface area contributed by atoms with Gasteiger partial charge in [-0.1, -0.05) is 64.5 Å². The standard InChI is InChI=1S/C19H31BN2O4.C4H10O.2C2H6.Y/c1-18(2)19(3,4)26-20(25-18)16-10-6-5-8-15(9-7-11-16)12-13-21-17(23)14-22-24;1-3-4(2)5;2*1-2;/h6,8,10-11,22,24H,5,7,9,12-14H2,1-4H3,(H,21,23);4-5H,3H2,1-2H3;2*1-2H3;/b10-6-,15-8+,16-11?;;;;. The van der Waals surface area contributed by atoms with Crippen molar-refractivity contribution in [2.45, 2.75) is 119 Å². The topological polar surface area (TPSA) is 100 Å². The van der Waals surface area contributed by atoms with Gasteiger partial charge in [0.2, 0.25) is 5.91 Å². The number of nitrogens with one attached hydrogen (secondary N) is 2. The summed E-state index contributed by atoms with van der Waals surface area (Å²) in [5.41, 5.74) is 3.57. The van der Waals surface area contributed by atoms with Gasteiger partial charge in [-0.25, -0.2) is 0 Å². The predicted molar refractivity (Wildman–Crippen MR) is 147 cm³/mol. The smallest absolute Gasteiger partial charge is 0.399 e. The molecule has 1 aliphatic carbocycles. The van der Waals surface area contributed by atoms with E-state index in [1.54, 1.807) is 6.92 Å². The molecular weight excluding hydrogens is 532 g/mol. The van der Waals surface area contributed by atoms with Crippen LogP contribution in [0.25, 0.3) is 0 Å². The monoisotopic (exact) mass is 585 g/mol. The molecule has 1 fully saturated rings. The number of hydroxylamine groups is 1. The molecule has 9 heteroatoms. The summed E-state index contributed by atoms with van der Waals surface area (Å²) in [4.78, 5) is 11.4. The van der Waals surface area contributed by atoms with Crippen molar-refractivity contribution in [3.63, 3.8) is 0 Å². The van der Waals surface area contributed by atoms with Crippen LogP contribution >= 0.6 is 0 Å². The summed E-state index contributed by atoms with van der Waals surface area (Å²) < 4.78 is 12.3. The molecule has 1 saturated heterocycles. The average molecular weight is 585 g/mol. The average Bonchev–Trinajstić information content (AvgIpc) is 3.11. The van der Waals surface area contributed by atoms with Gasteiger partial charge in [-0.05, 0) is 72.2 Å². The molecule has 36 heavy (non-hydrogen) atoms. The molecule has 1 radical (unpaired) electrons. The van der Waals surface area contributed by atoms with Crippen molar-refractivity contribution in [1.82, 2.24) is 10.8 Å². The minimum atomic E-state index is -0.337. The fraction of sp³-hybridized carbons (Fsp3) is 0.741. The SMILES string of the molecule is CC.CC.CC1(C)OB(C2=CCC/C(CCNC(=O)CNO)=C\C/C=C\2)OC1(C)C.CCC(C)O.[Y]. The Morgan fingerprint density at radius 1 is 1.11 bits per heavy atom. The number of aliphatic hydroxyl groups excluding tert-OH is 1. The molecule has 1 amide bonds. The number of amides is 1. The van der Waals surface area contributed by atoms with E-state index in [9.17, 15) is 4.79 Å². The molecule has 0 saturated carbocycles.